The van der Waals surface area contributed by atoms with Crippen molar-refractivity contribution in [3.8, 4) is 0 Å². The summed E-state index contributed by atoms with van der Waals surface area (Å²) in [5, 5.41) is 25.7. The van der Waals surface area contributed by atoms with Crippen LogP contribution >= 0.6 is 0 Å². The Kier molecular flexibility index (Phi) is 28.2. The van der Waals surface area contributed by atoms with Gasteiger partial charge in [-0.05, 0) is 331 Å². The van der Waals surface area contributed by atoms with E-state index in [4.69, 9.17) is 14.9 Å². The van der Waals surface area contributed by atoms with Crippen molar-refractivity contribution in [3.63, 3.8) is 0 Å². The number of carbonyl (C=O) groups excluding carboxylic acids is 4. The smallest absolute Gasteiger partial charge is 1.00 e. The molecule has 8 fully saturated rings. The number of carbonyl (C=O) groups is 5. The molecule has 22 rings (SSSR count). The summed E-state index contributed by atoms with van der Waals surface area (Å²) in [6, 6.07) is 59.8. The van der Waals surface area contributed by atoms with Crippen LogP contribution in [0.25, 0.3) is 54.6 Å². The molecular formula is C105H110BN11NaO7. The minimum Gasteiger partial charge on any atom is -1.00 e. The Morgan fingerprint density at radius 1 is 0.416 bits per heavy atom. The van der Waals surface area contributed by atoms with E-state index in [1.165, 1.54) is 93.6 Å². The first-order valence-electron chi connectivity index (χ1n) is 45.3. The van der Waals surface area contributed by atoms with Gasteiger partial charge in [0.15, 0.2) is 17.3 Å². The topological polar surface area (TPSA) is 250 Å². The normalized spacial score (nSPS) is 21.2. The second kappa shape index (κ2) is 40.2. The number of amides is 1. The molecule has 20 heteroatoms. The molecule has 1 unspecified atom stereocenters. The van der Waals surface area contributed by atoms with E-state index in [2.05, 4.69) is 185 Å². The first-order valence-corrected chi connectivity index (χ1v) is 45.3. The monoisotopic (exact) mass is 1670 g/mol. The van der Waals surface area contributed by atoms with E-state index in [9.17, 15) is 24.3 Å². The third kappa shape index (κ3) is 20.2. The van der Waals surface area contributed by atoms with E-state index in [-0.39, 0.29) is 69.4 Å². The minimum absolute atomic E-state index is 0. The maximum atomic E-state index is 13.6. The number of pyridine rings is 8. The number of aliphatic hydroxyl groups is 1. The Labute approximate surface area is 756 Å². The molecule has 631 valence electrons. The molecule has 10 heterocycles. The van der Waals surface area contributed by atoms with Crippen molar-refractivity contribution in [2.75, 3.05) is 0 Å². The van der Waals surface area contributed by atoms with E-state index in [0.717, 1.165) is 195 Å². The average molecular weight is 1670 g/mol. The number of fused-ring (bicyclic) bond motifs is 6. The molecule has 0 saturated heterocycles. The zero-order chi connectivity index (χ0) is 83.9. The largest absolute Gasteiger partial charge is 1.00 e. The molecule has 14 aromatic rings. The molecule has 1 atom stereocenters. The Hall–Kier alpha value is -10.8. The fourth-order valence-corrected chi connectivity index (χ4v) is 20.4. The Bertz CT molecular complexity index is 6170. The molecule has 8 saturated carbocycles. The summed E-state index contributed by atoms with van der Waals surface area (Å²) in [6.07, 6.45) is 41.8. The van der Waals surface area contributed by atoms with Gasteiger partial charge in [0.25, 0.3) is 6.47 Å². The SMILES string of the molecule is CCc1ccc(C2CC2)c(C(=O)C2CCC(c3ccc4cccnc4c3)CC2)n1.O=C(c1c(C2CC2)ccc2cncn12)C1CCC(c2ccc3cccnc3c2)CC1.O=CNCc1ccc(C2CC2)c(C(=O)C2CCC(c3ccc4cccnc4c3)CC2)n1.O=CO.OC(c1c(C2CC2)ccc2cncn12)C1CCC(c2ccc3cccnc3c2)CC1.[B].[H-].[Na+]. The number of aryl methyl sites for hydroxylation is 1. The molecule has 4 aromatic carbocycles. The van der Waals surface area contributed by atoms with Crippen LogP contribution in [0.4, 0.5) is 0 Å². The van der Waals surface area contributed by atoms with Gasteiger partial charge in [0.1, 0.15) is 11.4 Å². The standard InChI is InChI=1S/C26H27N3O2.C26H27N3O.C26H25N3O.C26H28N2O.CH2O2.B.Na.H/c30-16-27-15-22-11-12-23(18-5-6-18)25(29-22)26(31)20-8-3-17(4-9-20)21-10-7-19-2-1-13-28-24(19)14-21;2*30-26(25-23(18-5-6-18)12-11-22-15-27-16-29(22)25)20-8-3-17(4-9-20)21-10-7-19-2-1-13-28-24(19)14-21;1-2-22-13-14-23(18-7-8-18)25(28-22)26(29)20-10-5-17(6-11-20)21-12-9-19-4-3-15-27-24(19)16-21;2-1-3;;;/h1-2,7,10-14,16-18,20H,3-6,8-9,15H2,(H,27,30);1-2,7,10-18,20,26,30H,3-6,8-9H2;1-2,7,10-18,20H,3-6,8-9H2;3-4,9,12-18,20H,2,5-8,10-11H2,1H3;1H,(H,2,3);;;/q;;;;;;+1;-1. The van der Waals surface area contributed by atoms with Gasteiger partial charge in [0.2, 0.25) is 6.41 Å². The Morgan fingerprint density at radius 2 is 0.752 bits per heavy atom. The molecular weight excluding hydrogens is 1560 g/mol. The van der Waals surface area contributed by atoms with Crippen LogP contribution in [0.3, 0.4) is 0 Å². The summed E-state index contributed by atoms with van der Waals surface area (Å²) < 4.78 is 4.15. The van der Waals surface area contributed by atoms with Crippen molar-refractivity contribution in [3.05, 3.63) is 298 Å². The van der Waals surface area contributed by atoms with Crippen molar-refractivity contribution >= 4 is 93.3 Å². The van der Waals surface area contributed by atoms with Crippen LogP contribution in [0.2, 0.25) is 0 Å². The Morgan fingerprint density at radius 3 is 1.15 bits per heavy atom. The molecule has 10 aromatic heterocycles. The zero-order valence-electron chi connectivity index (χ0n) is 72.8. The van der Waals surface area contributed by atoms with E-state index in [0.29, 0.717) is 83.5 Å². The number of aromatic nitrogens is 10. The molecule has 0 aliphatic heterocycles. The molecule has 8 aliphatic carbocycles. The number of nitrogens with one attached hydrogen (secondary N) is 1. The van der Waals surface area contributed by atoms with Crippen molar-refractivity contribution in [2.45, 2.75) is 227 Å². The molecule has 3 N–H and O–H groups in total. The molecule has 18 nitrogen and oxygen atoms in total. The average Bonchev–Trinajstić information content (AvgIpc) is 1.61. The van der Waals surface area contributed by atoms with E-state index >= 15 is 0 Å². The van der Waals surface area contributed by atoms with Gasteiger partial charge in [-0.2, -0.15) is 0 Å². The number of ketones is 3. The van der Waals surface area contributed by atoms with Gasteiger partial charge in [0.05, 0.1) is 87.9 Å². The van der Waals surface area contributed by atoms with E-state index in [1.807, 2.05) is 90.6 Å². The Balaban J connectivity index is 0.000000127. The number of nitrogens with zero attached hydrogens (tertiary/aromatic N) is 10. The van der Waals surface area contributed by atoms with Crippen LogP contribution in [0.5, 0.6) is 0 Å². The maximum absolute atomic E-state index is 13.6. The summed E-state index contributed by atoms with van der Waals surface area (Å²) in [6.45, 7) is 2.22. The number of hydrogen-bond donors (Lipinski definition) is 3. The fraction of sp³-hybridized carbons (Fsp3) is 0.381. The van der Waals surface area contributed by atoms with Gasteiger partial charge < -0.3 is 21.4 Å². The quantitative estimate of drug-likeness (QED) is 0.0364. The van der Waals surface area contributed by atoms with Gasteiger partial charge in [-0.3, -0.25) is 48.3 Å². The van der Waals surface area contributed by atoms with Crippen LogP contribution in [0.1, 0.15) is 309 Å². The molecule has 8 aliphatic rings. The summed E-state index contributed by atoms with van der Waals surface area (Å²) in [5.74, 6) is 5.69. The molecule has 0 bridgehead atoms. The number of Topliss-reactive ketones (excluding diaryl/α,β-unsaturated/α-hetero) is 3. The number of aliphatic hydroxyl groups excluding tert-OH is 1. The van der Waals surface area contributed by atoms with E-state index in [1.54, 1.807) is 0 Å². The van der Waals surface area contributed by atoms with Crippen molar-refractivity contribution < 1.29 is 65.2 Å². The van der Waals surface area contributed by atoms with E-state index < -0.39 is 6.10 Å². The number of hydrogen-bond acceptors (Lipinski definition) is 14. The minimum atomic E-state index is -0.419. The summed E-state index contributed by atoms with van der Waals surface area (Å²) in [5.41, 5.74) is 21.9. The van der Waals surface area contributed by atoms with Gasteiger partial charge in [-0.25, -0.2) is 19.9 Å². The second-order valence-electron chi connectivity index (χ2n) is 35.8. The molecule has 0 spiro atoms. The first kappa shape index (κ1) is 87.6. The predicted octanol–water partition coefficient (Wildman–Crippen LogP) is 19.3. The van der Waals surface area contributed by atoms with Gasteiger partial charge in [0, 0.05) is 78.2 Å². The van der Waals surface area contributed by atoms with Crippen LogP contribution in [-0.4, -0.2) is 97.5 Å². The molecule has 125 heavy (non-hydrogen) atoms. The summed E-state index contributed by atoms with van der Waals surface area (Å²) in [7, 11) is 0. The van der Waals surface area contributed by atoms with Crippen LogP contribution in [-0.2, 0) is 22.6 Å². The number of rotatable bonds is 20. The van der Waals surface area contributed by atoms with Crippen LogP contribution in [0.15, 0.2) is 220 Å². The van der Waals surface area contributed by atoms with Gasteiger partial charge in [-0.15, -0.1) is 0 Å². The third-order valence-electron chi connectivity index (χ3n) is 27.9. The summed E-state index contributed by atoms with van der Waals surface area (Å²) in [4.78, 5) is 95.5. The summed E-state index contributed by atoms with van der Waals surface area (Å²) >= 11 is 0. The van der Waals surface area contributed by atoms with Crippen LogP contribution in [0, 0.1) is 23.7 Å². The predicted molar refractivity (Wildman–Crippen MR) is 488 cm³/mol. The fourth-order valence-electron chi connectivity index (χ4n) is 20.4. The van der Waals surface area contributed by atoms with Gasteiger partial charge >= 0.3 is 29.6 Å². The van der Waals surface area contributed by atoms with Crippen LogP contribution < -0.4 is 34.9 Å². The van der Waals surface area contributed by atoms with Crippen molar-refractivity contribution in [1.82, 2.24) is 54.0 Å². The maximum Gasteiger partial charge on any atom is 1.00 e. The molecule has 3 radical (unpaired) electrons. The number of benzene rings is 4. The van der Waals surface area contributed by atoms with Crippen molar-refractivity contribution in [1.29, 1.82) is 0 Å². The second-order valence-corrected chi connectivity index (χ2v) is 35.8. The number of carboxylic acid groups (broad SMARTS) is 1. The first-order chi connectivity index (χ1) is 60.4. The third-order valence-corrected chi connectivity index (χ3v) is 27.9. The zero-order valence-corrected chi connectivity index (χ0v) is 73.8. The van der Waals surface area contributed by atoms with Gasteiger partial charge in [-0.1, -0.05) is 104 Å². The number of imidazole rings is 2. The van der Waals surface area contributed by atoms with Crippen molar-refractivity contribution in [2.24, 2.45) is 23.7 Å². The molecule has 1 amide bonds.